The first-order valence-electron chi connectivity index (χ1n) is 6.66. The fourth-order valence-corrected chi connectivity index (χ4v) is 2.73. The predicted octanol–water partition coefficient (Wildman–Crippen LogP) is 1.06. The maximum absolute atomic E-state index is 12.2. The molecule has 0 unspecified atom stereocenters. The van der Waals surface area contributed by atoms with Crippen LogP contribution in [0.2, 0.25) is 0 Å². The highest BCUT2D eigenvalue weighted by Crippen LogP contribution is 2.11. The van der Waals surface area contributed by atoms with E-state index in [1.54, 1.807) is 24.4 Å². The maximum atomic E-state index is 12.2. The summed E-state index contributed by atoms with van der Waals surface area (Å²) in [6.07, 6.45) is 2.96. The van der Waals surface area contributed by atoms with E-state index in [1.807, 2.05) is 19.1 Å². The zero-order valence-electron chi connectivity index (χ0n) is 11.8. The third-order valence-electron chi connectivity index (χ3n) is 2.90. The van der Waals surface area contributed by atoms with Crippen LogP contribution in [0.3, 0.4) is 0 Å². The van der Waals surface area contributed by atoms with Crippen LogP contribution in [0, 0.1) is 0 Å². The summed E-state index contributed by atoms with van der Waals surface area (Å²) in [5, 5.41) is 3.19. The Morgan fingerprint density at radius 3 is 2.48 bits per heavy atom. The highest BCUT2D eigenvalue weighted by atomic mass is 32.2. The fourth-order valence-electron chi connectivity index (χ4n) is 1.73. The molecule has 2 N–H and O–H groups in total. The first-order valence-corrected chi connectivity index (χ1v) is 8.14. The summed E-state index contributed by atoms with van der Waals surface area (Å²) >= 11 is 0. The fraction of sp³-hybridized carbons (Fsp3) is 0.286. The Hall–Kier alpha value is -1.83. The monoisotopic (exact) mass is 306 g/mol. The topological polar surface area (TPSA) is 84.0 Å². The van der Waals surface area contributed by atoms with Gasteiger partial charge in [-0.2, -0.15) is 0 Å². The molecule has 2 aromatic rings. The summed E-state index contributed by atoms with van der Waals surface area (Å²) in [5.41, 5.74) is 1.67. The van der Waals surface area contributed by atoms with Gasteiger partial charge in [0.05, 0.1) is 17.1 Å². The van der Waals surface area contributed by atoms with Gasteiger partial charge < -0.3 is 5.32 Å². The van der Waals surface area contributed by atoms with Crippen molar-refractivity contribution in [2.75, 3.05) is 6.54 Å². The maximum Gasteiger partial charge on any atom is 0.240 e. The first-order chi connectivity index (χ1) is 10.1. The van der Waals surface area contributed by atoms with E-state index in [0.717, 1.165) is 18.7 Å². The lowest BCUT2D eigenvalue weighted by molar-refractivity contribution is 0.580. The Bertz CT molecular complexity index is 657. The molecule has 0 aliphatic heterocycles. The summed E-state index contributed by atoms with van der Waals surface area (Å²) < 4.78 is 26.8. The minimum atomic E-state index is -3.53. The third-order valence-corrected chi connectivity index (χ3v) is 4.32. The number of sulfonamides is 1. The molecule has 0 bridgehead atoms. The average molecular weight is 306 g/mol. The average Bonchev–Trinajstić information content (AvgIpc) is 2.52. The molecule has 112 valence electrons. The van der Waals surface area contributed by atoms with E-state index >= 15 is 0 Å². The van der Waals surface area contributed by atoms with Crippen LogP contribution in [0.4, 0.5) is 0 Å². The van der Waals surface area contributed by atoms with E-state index < -0.39 is 10.0 Å². The minimum Gasteiger partial charge on any atom is -0.313 e. The highest BCUT2D eigenvalue weighted by Gasteiger charge is 2.13. The van der Waals surface area contributed by atoms with E-state index in [1.165, 1.54) is 6.33 Å². The van der Waals surface area contributed by atoms with Crippen molar-refractivity contribution >= 4 is 10.0 Å². The molecule has 0 aliphatic rings. The molecule has 0 spiro atoms. The SMILES string of the molecule is CCNCc1ccc(S(=O)(=O)NCc2ccncn2)cc1. The molecule has 21 heavy (non-hydrogen) atoms. The summed E-state index contributed by atoms with van der Waals surface area (Å²) in [7, 11) is -3.53. The number of benzene rings is 1. The molecule has 7 heteroatoms. The molecule has 1 aromatic carbocycles. The van der Waals surface area contributed by atoms with Crippen LogP contribution >= 0.6 is 0 Å². The molecule has 6 nitrogen and oxygen atoms in total. The van der Waals surface area contributed by atoms with Crippen LogP contribution in [-0.2, 0) is 23.1 Å². The smallest absolute Gasteiger partial charge is 0.240 e. The third kappa shape index (κ3) is 4.59. The molecular weight excluding hydrogens is 288 g/mol. The quantitative estimate of drug-likeness (QED) is 0.799. The Balaban J connectivity index is 2.02. The lowest BCUT2D eigenvalue weighted by atomic mass is 10.2. The molecule has 0 atom stereocenters. The lowest BCUT2D eigenvalue weighted by Crippen LogP contribution is -2.23. The Kier molecular flexibility index (Phi) is 5.38. The summed E-state index contributed by atoms with van der Waals surface area (Å²) in [4.78, 5) is 8.01. The largest absolute Gasteiger partial charge is 0.313 e. The molecule has 1 aromatic heterocycles. The lowest BCUT2D eigenvalue weighted by Gasteiger charge is -2.07. The first kappa shape index (κ1) is 15.6. The van der Waals surface area contributed by atoms with Gasteiger partial charge >= 0.3 is 0 Å². The van der Waals surface area contributed by atoms with Crippen LogP contribution in [0.5, 0.6) is 0 Å². The minimum absolute atomic E-state index is 0.143. The predicted molar refractivity (Wildman–Crippen MR) is 79.9 cm³/mol. The molecule has 0 aliphatic carbocycles. The summed E-state index contributed by atoms with van der Waals surface area (Å²) in [5.74, 6) is 0. The van der Waals surface area contributed by atoms with Gasteiger partial charge in [0.25, 0.3) is 0 Å². The number of hydrogen-bond acceptors (Lipinski definition) is 5. The van der Waals surface area contributed by atoms with Gasteiger partial charge in [-0.3, -0.25) is 0 Å². The van der Waals surface area contributed by atoms with Gasteiger partial charge in [0.1, 0.15) is 6.33 Å². The van der Waals surface area contributed by atoms with Crippen LogP contribution in [0.25, 0.3) is 0 Å². The molecule has 0 saturated heterocycles. The van der Waals surface area contributed by atoms with E-state index in [9.17, 15) is 8.42 Å². The number of hydrogen-bond donors (Lipinski definition) is 2. The van der Waals surface area contributed by atoms with Crippen molar-refractivity contribution in [2.45, 2.75) is 24.9 Å². The van der Waals surface area contributed by atoms with E-state index in [2.05, 4.69) is 20.0 Å². The van der Waals surface area contributed by atoms with Crippen LogP contribution in [-0.4, -0.2) is 24.9 Å². The van der Waals surface area contributed by atoms with Crippen LogP contribution in [0.1, 0.15) is 18.2 Å². The van der Waals surface area contributed by atoms with Crippen LogP contribution < -0.4 is 10.0 Å². The number of nitrogens with one attached hydrogen (secondary N) is 2. The van der Waals surface area contributed by atoms with Gasteiger partial charge in [-0.05, 0) is 30.3 Å². The summed E-state index contributed by atoms with van der Waals surface area (Å²) in [6, 6.07) is 8.50. The van der Waals surface area contributed by atoms with Gasteiger partial charge in [0, 0.05) is 12.7 Å². The van der Waals surface area contributed by atoms with Crippen molar-refractivity contribution in [1.29, 1.82) is 0 Å². The van der Waals surface area contributed by atoms with Crippen molar-refractivity contribution in [3.63, 3.8) is 0 Å². The molecule has 0 radical (unpaired) electrons. The Morgan fingerprint density at radius 1 is 1.10 bits per heavy atom. The molecule has 0 saturated carbocycles. The molecule has 0 amide bonds. The number of rotatable bonds is 7. The van der Waals surface area contributed by atoms with Crippen LogP contribution in [0.15, 0.2) is 47.8 Å². The van der Waals surface area contributed by atoms with Crippen molar-refractivity contribution in [3.05, 3.63) is 54.1 Å². The van der Waals surface area contributed by atoms with Gasteiger partial charge in [-0.15, -0.1) is 0 Å². The Morgan fingerprint density at radius 2 is 1.86 bits per heavy atom. The molecule has 1 heterocycles. The van der Waals surface area contributed by atoms with E-state index in [4.69, 9.17) is 0 Å². The van der Waals surface area contributed by atoms with E-state index in [-0.39, 0.29) is 11.4 Å². The normalized spacial score (nSPS) is 11.5. The highest BCUT2D eigenvalue weighted by molar-refractivity contribution is 7.89. The van der Waals surface area contributed by atoms with E-state index in [0.29, 0.717) is 5.69 Å². The Labute approximate surface area is 124 Å². The van der Waals surface area contributed by atoms with Crippen molar-refractivity contribution in [3.8, 4) is 0 Å². The second kappa shape index (κ2) is 7.26. The van der Waals surface area contributed by atoms with Gasteiger partial charge in [-0.25, -0.2) is 23.1 Å². The molecule has 2 rings (SSSR count). The number of nitrogens with zero attached hydrogens (tertiary/aromatic N) is 2. The molecular formula is C14H18N4O2S. The van der Waals surface area contributed by atoms with Crippen molar-refractivity contribution in [2.24, 2.45) is 0 Å². The van der Waals surface area contributed by atoms with Gasteiger partial charge in [-0.1, -0.05) is 19.1 Å². The van der Waals surface area contributed by atoms with Crippen molar-refractivity contribution in [1.82, 2.24) is 20.0 Å². The standard InChI is InChI=1S/C14H18N4O2S/c1-2-15-9-12-3-5-14(6-4-12)21(19,20)18-10-13-7-8-16-11-17-13/h3-8,11,15,18H,2,9-10H2,1H3. The second-order valence-corrected chi connectivity index (χ2v) is 6.22. The van der Waals surface area contributed by atoms with Gasteiger partial charge in [0.2, 0.25) is 10.0 Å². The van der Waals surface area contributed by atoms with Gasteiger partial charge in [0.15, 0.2) is 0 Å². The summed E-state index contributed by atoms with van der Waals surface area (Å²) in [6.45, 7) is 3.77. The second-order valence-electron chi connectivity index (χ2n) is 4.45. The molecule has 0 fully saturated rings. The van der Waals surface area contributed by atoms with Crippen molar-refractivity contribution < 1.29 is 8.42 Å². The number of aromatic nitrogens is 2. The zero-order chi connectivity index (χ0) is 15.1. The zero-order valence-corrected chi connectivity index (χ0v) is 12.6.